The van der Waals surface area contributed by atoms with Crippen LogP contribution in [0.15, 0.2) is 0 Å². The lowest BCUT2D eigenvalue weighted by Crippen LogP contribution is -2.37. The zero-order valence-corrected chi connectivity index (χ0v) is 11.4. The average Bonchev–Trinajstić information content (AvgIpc) is 2.27. The maximum absolute atomic E-state index is 11.6. The van der Waals surface area contributed by atoms with Crippen LogP contribution in [0.4, 0.5) is 0 Å². The number of hydrogen-bond acceptors (Lipinski definition) is 4. The molecule has 0 spiro atoms. The number of carbonyl (C=O) groups is 1. The number of esters is 1. The van der Waals surface area contributed by atoms with Crippen molar-refractivity contribution in [2.75, 3.05) is 46.9 Å². The maximum Gasteiger partial charge on any atom is 0.320 e. The van der Waals surface area contributed by atoms with Gasteiger partial charge in [0.1, 0.15) is 0 Å². The summed E-state index contributed by atoms with van der Waals surface area (Å²) in [6, 6.07) is 0. The molecule has 0 atom stereocenters. The van der Waals surface area contributed by atoms with E-state index in [-0.39, 0.29) is 5.97 Å². The predicted octanol–water partition coefficient (Wildman–Crippen LogP) is 1.21. The van der Waals surface area contributed by atoms with Crippen molar-refractivity contribution in [1.29, 1.82) is 0 Å². The molecule has 1 fully saturated rings. The lowest BCUT2D eigenvalue weighted by molar-refractivity contribution is -0.145. The molecule has 1 saturated heterocycles. The number of likely N-dealkylation sites (tertiary alicyclic amines) is 1. The first kappa shape index (κ1) is 14.5. The fourth-order valence-corrected chi connectivity index (χ4v) is 2.02. The molecule has 0 aromatic rings. The number of piperidine rings is 1. The van der Waals surface area contributed by atoms with Crippen molar-refractivity contribution in [1.82, 2.24) is 9.80 Å². The normalized spacial score (nSPS) is 18.6. The van der Waals surface area contributed by atoms with Gasteiger partial charge in [-0.25, -0.2) is 0 Å². The minimum Gasteiger partial charge on any atom is -0.465 e. The van der Waals surface area contributed by atoms with Crippen LogP contribution in [0, 0.1) is 5.92 Å². The first-order chi connectivity index (χ1) is 8.08. The minimum atomic E-state index is -0.0710. The first-order valence-corrected chi connectivity index (χ1v) is 6.60. The highest BCUT2D eigenvalue weighted by Crippen LogP contribution is 2.15. The molecule has 4 nitrogen and oxygen atoms in total. The monoisotopic (exact) mass is 242 g/mol. The Kier molecular flexibility index (Phi) is 6.52. The second-order valence-electron chi connectivity index (χ2n) is 5.34. The molecule has 0 aromatic heterocycles. The molecule has 17 heavy (non-hydrogen) atoms. The second kappa shape index (κ2) is 7.67. The highest BCUT2D eigenvalue weighted by molar-refractivity contribution is 5.71. The van der Waals surface area contributed by atoms with Crippen LogP contribution in [0.3, 0.4) is 0 Å². The quantitative estimate of drug-likeness (QED) is 0.518. The molecule has 0 saturated carbocycles. The van der Waals surface area contributed by atoms with E-state index in [4.69, 9.17) is 4.74 Å². The summed E-state index contributed by atoms with van der Waals surface area (Å²) >= 11 is 0. The molecule has 1 heterocycles. The van der Waals surface area contributed by atoms with Gasteiger partial charge >= 0.3 is 5.97 Å². The largest absolute Gasteiger partial charge is 0.465 e. The summed E-state index contributed by atoms with van der Waals surface area (Å²) in [5, 5.41) is 0. The fourth-order valence-electron chi connectivity index (χ4n) is 2.02. The van der Waals surface area contributed by atoms with Gasteiger partial charge in [-0.3, -0.25) is 9.69 Å². The number of ether oxygens (including phenoxy) is 1. The fraction of sp³-hybridized carbons (Fsp3) is 0.923. The minimum absolute atomic E-state index is 0.0710. The van der Waals surface area contributed by atoms with E-state index in [0.29, 0.717) is 13.2 Å². The van der Waals surface area contributed by atoms with E-state index in [1.165, 1.54) is 12.8 Å². The van der Waals surface area contributed by atoms with Crippen molar-refractivity contribution < 1.29 is 9.53 Å². The highest BCUT2D eigenvalue weighted by Gasteiger charge is 2.18. The van der Waals surface area contributed by atoms with Gasteiger partial charge in [-0.1, -0.05) is 6.92 Å². The Morgan fingerprint density at radius 2 is 2.00 bits per heavy atom. The first-order valence-electron chi connectivity index (χ1n) is 6.60. The molecule has 0 unspecified atom stereocenters. The van der Waals surface area contributed by atoms with Crippen molar-refractivity contribution in [3.8, 4) is 0 Å². The summed E-state index contributed by atoms with van der Waals surface area (Å²) in [7, 11) is 4.05. The molecule has 0 aliphatic carbocycles. The standard InChI is InChI=1S/C13H26N2O2/c1-12-5-8-15(9-6-12)11-13(16)17-10-4-7-14(2)3/h12H,4-11H2,1-3H3. The van der Waals surface area contributed by atoms with Crippen molar-refractivity contribution in [3.63, 3.8) is 0 Å². The van der Waals surface area contributed by atoms with Gasteiger partial charge < -0.3 is 9.64 Å². The summed E-state index contributed by atoms with van der Waals surface area (Å²) in [5.74, 6) is 0.737. The number of rotatable bonds is 6. The summed E-state index contributed by atoms with van der Waals surface area (Å²) < 4.78 is 5.21. The van der Waals surface area contributed by atoms with E-state index >= 15 is 0 Å². The van der Waals surface area contributed by atoms with Crippen molar-refractivity contribution in [2.45, 2.75) is 26.2 Å². The Labute approximate surface area is 105 Å². The van der Waals surface area contributed by atoms with Crippen LogP contribution < -0.4 is 0 Å². The Morgan fingerprint density at radius 1 is 1.35 bits per heavy atom. The Hall–Kier alpha value is -0.610. The zero-order valence-electron chi connectivity index (χ0n) is 11.4. The number of nitrogens with zero attached hydrogens (tertiary/aromatic N) is 2. The van der Waals surface area contributed by atoms with Crippen LogP contribution >= 0.6 is 0 Å². The molecule has 0 N–H and O–H groups in total. The lowest BCUT2D eigenvalue weighted by Gasteiger charge is -2.29. The van der Waals surface area contributed by atoms with E-state index < -0.39 is 0 Å². The number of carbonyl (C=O) groups excluding carboxylic acids is 1. The Balaban J connectivity index is 2.04. The molecule has 1 rings (SSSR count). The number of hydrogen-bond donors (Lipinski definition) is 0. The maximum atomic E-state index is 11.6. The van der Waals surface area contributed by atoms with E-state index in [0.717, 1.165) is 32.0 Å². The van der Waals surface area contributed by atoms with Gasteiger partial charge in [0, 0.05) is 6.54 Å². The van der Waals surface area contributed by atoms with Crippen molar-refractivity contribution in [3.05, 3.63) is 0 Å². The molecule has 0 radical (unpaired) electrons. The van der Waals surface area contributed by atoms with Gasteiger partial charge in [0.25, 0.3) is 0 Å². The van der Waals surface area contributed by atoms with E-state index in [9.17, 15) is 4.79 Å². The van der Waals surface area contributed by atoms with Crippen LogP contribution in [0.25, 0.3) is 0 Å². The Morgan fingerprint density at radius 3 is 2.59 bits per heavy atom. The van der Waals surface area contributed by atoms with Gasteiger partial charge in [0.05, 0.1) is 13.2 Å². The van der Waals surface area contributed by atoms with Gasteiger partial charge in [-0.15, -0.1) is 0 Å². The van der Waals surface area contributed by atoms with Gasteiger partial charge in [-0.2, -0.15) is 0 Å². The molecule has 1 aliphatic rings. The summed E-state index contributed by atoms with van der Waals surface area (Å²) in [5.41, 5.74) is 0. The summed E-state index contributed by atoms with van der Waals surface area (Å²) in [6.07, 6.45) is 3.32. The van der Waals surface area contributed by atoms with E-state index in [1.807, 2.05) is 14.1 Å². The van der Waals surface area contributed by atoms with Crippen LogP contribution in [-0.4, -0.2) is 62.7 Å². The SMILES string of the molecule is CC1CCN(CC(=O)OCCCN(C)C)CC1. The van der Waals surface area contributed by atoms with Crippen LogP contribution in [0.2, 0.25) is 0 Å². The summed E-state index contributed by atoms with van der Waals surface area (Å²) in [6.45, 7) is 6.32. The second-order valence-corrected chi connectivity index (χ2v) is 5.34. The molecule has 0 amide bonds. The third-order valence-corrected chi connectivity index (χ3v) is 3.24. The van der Waals surface area contributed by atoms with Crippen LogP contribution in [0.1, 0.15) is 26.2 Å². The molecule has 0 aromatic carbocycles. The van der Waals surface area contributed by atoms with E-state index in [2.05, 4.69) is 16.7 Å². The van der Waals surface area contributed by atoms with Gasteiger partial charge in [0.2, 0.25) is 0 Å². The van der Waals surface area contributed by atoms with E-state index in [1.54, 1.807) is 0 Å². The predicted molar refractivity (Wildman–Crippen MR) is 69.0 cm³/mol. The Bertz CT molecular complexity index is 223. The smallest absolute Gasteiger partial charge is 0.320 e. The topological polar surface area (TPSA) is 32.8 Å². The highest BCUT2D eigenvalue weighted by atomic mass is 16.5. The van der Waals surface area contributed by atoms with Crippen LogP contribution in [-0.2, 0) is 9.53 Å². The molecule has 0 bridgehead atoms. The molecule has 1 aliphatic heterocycles. The van der Waals surface area contributed by atoms with Crippen molar-refractivity contribution in [2.24, 2.45) is 5.92 Å². The molecular formula is C13H26N2O2. The molecule has 100 valence electrons. The summed E-state index contributed by atoms with van der Waals surface area (Å²) in [4.78, 5) is 15.9. The van der Waals surface area contributed by atoms with Gasteiger partial charge in [0.15, 0.2) is 0 Å². The third kappa shape index (κ3) is 6.64. The van der Waals surface area contributed by atoms with Crippen molar-refractivity contribution >= 4 is 5.97 Å². The average molecular weight is 242 g/mol. The van der Waals surface area contributed by atoms with Gasteiger partial charge in [-0.05, 0) is 52.4 Å². The molecule has 4 heteroatoms. The lowest BCUT2D eigenvalue weighted by atomic mass is 9.99. The zero-order chi connectivity index (χ0) is 12.7. The third-order valence-electron chi connectivity index (χ3n) is 3.24. The van der Waals surface area contributed by atoms with Crippen LogP contribution in [0.5, 0.6) is 0 Å². The molecular weight excluding hydrogens is 216 g/mol.